The number of amides is 1. The number of carbonyl (C=O) groups excluding carboxylic acids is 1. The van der Waals surface area contributed by atoms with Gasteiger partial charge >= 0.3 is 0 Å². The Morgan fingerprint density at radius 2 is 1.83 bits per heavy atom. The normalized spacial score (nSPS) is 15.0. The first-order valence-electron chi connectivity index (χ1n) is 10.0. The number of halogens is 1. The molecular formula is C23H24ClN3O2S. The van der Waals surface area contributed by atoms with Crippen LogP contribution in [0.3, 0.4) is 0 Å². The molecule has 1 aliphatic rings. The highest BCUT2D eigenvalue weighted by Gasteiger charge is 2.20. The zero-order chi connectivity index (χ0) is 20.8. The summed E-state index contributed by atoms with van der Waals surface area (Å²) < 4.78 is 5.73. The van der Waals surface area contributed by atoms with Gasteiger partial charge in [0.1, 0.15) is 12.4 Å². The van der Waals surface area contributed by atoms with Crippen LogP contribution >= 0.6 is 22.9 Å². The van der Waals surface area contributed by atoms with E-state index in [4.69, 9.17) is 16.3 Å². The Labute approximate surface area is 185 Å². The van der Waals surface area contributed by atoms with Gasteiger partial charge in [0.05, 0.1) is 11.2 Å². The minimum absolute atomic E-state index is 0.0781. The molecule has 1 aliphatic heterocycles. The fourth-order valence-corrected chi connectivity index (χ4v) is 4.19. The molecule has 7 heteroatoms. The predicted molar refractivity (Wildman–Crippen MR) is 120 cm³/mol. The summed E-state index contributed by atoms with van der Waals surface area (Å²) in [7, 11) is 0. The predicted octanol–water partition coefficient (Wildman–Crippen LogP) is 4.72. The van der Waals surface area contributed by atoms with Gasteiger partial charge in [-0.05, 0) is 48.4 Å². The Kier molecular flexibility index (Phi) is 7.00. The first kappa shape index (κ1) is 20.8. The molecule has 5 nitrogen and oxygen atoms in total. The van der Waals surface area contributed by atoms with Crippen molar-refractivity contribution in [2.45, 2.75) is 19.6 Å². The summed E-state index contributed by atoms with van der Waals surface area (Å²) in [6.07, 6.45) is 0.966. The maximum absolute atomic E-state index is 13.0. The van der Waals surface area contributed by atoms with Crippen molar-refractivity contribution >= 4 is 28.8 Å². The quantitative estimate of drug-likeness (QED) is 0.555. The number of hydrogen-bond donors (Lipinski definition) is 0. The van der Waals surface area contributed by atoms with Gasteiger partial charge in [-0.2, -0.15) is 0 Å². The highest BCUT2D eigenvalue weighted by atomic mass is 35.5. The maximum Gasteiger partial charge on any atom is 0.253 e. The van der Waals surface area contributed by atoms with Crippen LogP contribution in [0.5, 0.6) is 5.75 Å². The monoisotopic (exact) mass is 441 g/mol. The lowest BCUT2D eigenvalue weighted by molar-refractivity contribution is 0.0761. The van der Waals surface area contributed by atoms with E-state index in [1.54, 1.807) is 16.8 Å². The van der Waals surface area contributed by atoms with Crippen LogP contribution in [0.15, 0.2) is 59.4 Å². The van der Waals surface area contributed by atoms with Crippen molar-refractivity contribution in [3.05, 3.63) is 81.3 Å². The van der Waals surface area contributed by atoms with Gasteiger partial charge in [0, 0.05) is 48.7 Å². The molecule has 30 heavy (non-hydrogen) atoms. The Hall–Kier alpha value is -2.41. The van der Waals surface area contributed by atoms with Gasteiger partial charge in [-0.25, -0.2) is 4.98 Å². The topological polar surface area (TPSA) is 45.7 Å². The number of thiazole rings is 1. The molecule has 156 valence electrons. The molecule has 0 spiro atoms. The van der Waals surface area contributed by atoms with Gasteiger partial charge in [0.25, 0.3) is 5.91 Å². The van der Waals surface area contributed by atoms with E-state index < -0.39 is 0 Å². The van der Waals surface area contributed by atoms with Crippen LogP contribution in [0.25, 0.3) is 0 Å². The molecule has 1 saturated heterocycles. The maximum atomic E-state index is 13.0. The molecule has 3 aromatic rings. The molecule has 0 N–H and O–H groups in total. The fourth-order valence-electron chi connectivity index (χ4n) is 3.52. The third-order valence-electron chi connectivity index (χ3n) is 5.17. The summed E-state index contributed by atoms with van der Waals surface area (Å²) in [6.45, 7) is 4.67. The number of carbonyl (C=O) groups is 1. The molecule has 2 heterocycles. The summed E-state index contributed by atoms with van der Waals surface area (Å²) in [5.74, 6) is 0.818. The van der Waals surface area contributed by atoms with Crippen LogP contribution in [0.1, 0.15) is 28.0 Å². The minimum atomic E-state index is 0.0781. The lowest BCUT2D eigenvalue weighted by Crippen LogP contribution is -2.35. The molecule has 0 saturated carbocycles. The molecule has 2 aromatic carbocycles. The van der Waals surface area contributed by atoms with Crippen molar-refractivity contribution < 1.29 is 9.53 Å². The zero-order valence-electron chi connectivity index (χ0n) is 16.7. The van der Waals surface area contributed by atoms with Gasteiger partial charge in [0.15, 0.2) is 0 Å². The number of benzene rings is 2. The van der Waals surface area contributed by atoms with Crippen molar-refractivity contribution in [1.29, 1.82) is 0 Å². The van der Waals surface area contributed by atoms with Crippen molar-refractivity contribution in [3.63, 3.8) is 0 Å². The van der Waals surface area contributed by atoms with E-state index in [1.165, 1.54) is 5.56 Å². The van der Waals surface area contributed by atoms with E-state index in [0.29, 0.717) is 12.2 Å². The number of aromatic nitrogens is 1. The minimum Gasteiger partial charge on any atom is -0.487 e. The third-order valence-corrected chi connectivity index (χ3v) is 6.05. The van der Waals surface area contributed by atoms with Gasteiger partial charge in [0.2, 0.25) is 0 Å². The molecule has 0 radical (unpaired) electrons. The smallest absolute Gasteiger partial charge is 0.253 e. The summed E-state index contributed by atoms with van der Waals surface area (Å²) in [6, 6.07) is 15.4. The average molecular weight is 442 g/mol. The van der Waals surface area contributed by atoms with Crippen LogP contribution in [0.4, 0.5) is 0 Å². The van der Waals surface area contributed by atoms with Gasteiger partial charge < -0.3 is 9.64 Å². The number of ether oxygens (including phenoxy) is 1. The van der Waals surface area contributed by atoms with Crippen molar-refractivity contribution in [3.8, 4) is 5.75 Å². The SMILES string of the molecule is O=C(c1ccc(OCc2cscn2)cc1)N1CCCN(Cc2ccc(Cl)cc2)CC1. The molecule has 4 rings (SSSR count). The Bertz CT molecular complexity index is 946. The van der Waals surface area contributed by atoms with Crippen LogP contribution in [-0.4, -0.2) is 46.9 Å². The van der Waals surface area contributed by atoms with Gasteiger partial charge in [-0.3, -0.25) is 9.69 Å². The van der Waals surface area contributed by atoms with Crippen LogP contribution in [-0.2, 0) is 13.2 Å². The molecular weight excluding hydrogens is 418 g/mol. The first-order chi connectivity index (χ1) is 14.7. The molecule has 1 aromatic heterocycles. The van der Waals surface area contributed by atoms with Crippen LogP contribution in [0.2, 0.25) is 5.02 Å². The van der Waals surface area contributed by atoms with Crippen LogP contribution in [0, 0.1) is 0 Å². The number of hydrogen-bond acceptors (Lipinski definition) is 5. The van der Waals surface area contributed by atoms with E-state index in [-0.39, 0.29) is 5.91 Å². The largest absolute Gasteiger partial charge is 0.487 e. The Morgan fingerprint density at radius 1 is 1.03 bits per heavy atom. The second-order valence-corrected chi connectivity index (χ2v) is 8.50. The summed E-state index contributed by atoms with van der Waals surface area (Å²) in [5.41, 5.74) is 4.64. The van der Waals surface area contributed by atoms with E-state index >= 15 is 0 Å². The number of rotatable bonds is 6. The summed E-state index contributed by atoms with van der Waals surface area (Å²) >= 11 is 7.52. The molecule has 1 fully saturated rings. The van der Waals surface area contributed by atoms with E-state index in [0.717, 1.165) is 55.6 Å². The van der Waals surface area contributed by atoms with Gasteiger partial charge in [-0.15, -0.1) is 11.3 Å². The highest BCUT2D eigenvalue weighted by molar-refractivity contribution is 7.07. The van der Waals surface area contributed by atoms with E-state index in [9.17, 15) is 4.79 Å². The zero-order valence-corrected chi connectivity index (χ0v) is 18.2. The van der Waals surface area contributed by atoms with Crippen molar-refractivity contribution in [2.24, 2.45) is 0 Å². The number of nitrogens with zero attached hydrogens (tertiary/aromatic N) is 3. The fraction of sp³-hybridized carbons (Fsp3) is 0.304. The van der Waals surface area contributed by atoms with Crippen LogP contribution < -0.4 is 4.74 Å². The first-order valence-corrected chi connectivity index (χ1v) is 11.4. The van der Waals surface area contributed by atoms with Crippen molar-refractivity contribution in [1.82, 2.24) is 14.8 Å². The summed E-state index contributed by atoms with van der Waals surface area (Å²) in [5, 5.41) is 2.72. The second kappa shape index (κ2) is 10.1. The lowest BCUT2D eigenvalue weighted by Gasteiger charge is -2.22. The molecule has 0 atom stereocenters. The van der Waals surface area contributed by atoms with E-state index in [1.807, 2.05) is 46.7 Å². The Morgan fingerprint density at radius 3 is 2.57 bits per heavy atom. The standard InChI is InChI=1S/C23H24ClN3O2S/c24-20-6-2-18(3-7-20)14-26-10-1-11-27(13-12-26)23(28)19-4-8-22(9-5-19)29-15-21-16-30-17-25-21/h2-9,16-17H,1,10-15H2. The van der Waals surface area contributed by atoms with Crippen molar-refractivity contribution in [2.75, 3.05) is 26.2 Å². The van der Waals surface area contributed by atoms with Gasteiger partial charge in [-0.1, -0.05) is 23.7 Å². The highest BCUT2D eigenvalue weighted by Crippen LogP contribution is 2.17. The second-order valence-electron chi connectivity index (χ2n) is 7.34. The Balaban J connectivity index is 1.30. The molecule has 0 bridgehead atoms. The average Bonchev–Trinajstić information content (AvgIpc) is 3.19. The molecule has 1 amide bonds. The molecule has 0 aliphatic carbocycles. The molecule has 0 unspecified atom stereocenters. The van der Waals surface area contributed by atoms with E-state index in [2.05, 4.69) is 22.0 Å². The third kappa shape index (κ3) is 5.59. The summed E-state index contributed by atoms with van der Waals surface area (Å²) in [4.78, 5) is 21.5. The lowest BCUT2D eigenvalue weighted by atomic mass is 10.2.